The van der Waals surface area contributed by atoms with Crippen molar-refractivity contribution in [2.45, 2.75) is 31.3 Å². The van der Waals surface area contributed by atoms with E-state index >= 15 is 0 Å². The van der Waals surface area contributed by atoms with Gasteiger partial charge in [-0.1, -0.05) is 35.3 Å². The topological polar surface area (TPSA) is 55.1 Å². The summed E-state index contributed by atoms with van der Waals surface area (Å²) in [6.07, 6.45) is 1.49. The molecule has 1 aliphatic carbocycles. The van der Waals surface area contributed by atoms with Crippen molar-refractivity contribution in [3.8, 4) is 0 Å². The molecule has 1 aliphatic rings. The van der Waals surface area contributed by atoms with Gasteiger partial charge in [0.1, 0.15) is 0 Å². The summed E-state index contributed by atoms with van der Waals surface area (Å²) in [6, 6.07) is 5.17. The van der Waals surface area contributed by atoms with Crippen molar-refractivity contribution >= 4 is 29.1 Å². The summed E-state index contributed by atoms with van der Waals surface area (Å²) in [6.45, 7) is 1.86. The molecule has 0 radical (unpaired) electrons. The maximum atomic E-state index is 11.8. The van der Waals surface area contributed by atoms with Gasteiger partial charge in [-0.05, 0) is 31.4 Å². The third-order valence-corrected chi connectivity index (χ3v) is 3.87. The van der Waals surface area contributed by atoms with Gasteiger partial charge in [-0.2, -0.15) is 0 Å². The van der Waals surface area contributed by atoms with Crippen LogP contribution in [0.4, 0.5) is 0 Å². The lowest BCUT2D eigenvalue weighted by Gasteiger charge is -2.18. The number of hydrogen-bond acceptors (Lipinski definition) is 2. The predicted octanol–water partition coefficient (Wildman–Crippen LogP) is 2.66. The fourth-order valence-electron chi connectivity index (χ4n) is 1.63. The largest absolute Gasteiger partial charge is 0.348 e. The average molecular weight is 273 g/mol. The molecule has 1 aromatic rings. The van der Waals surface area contributed by atoms with E-state index in [-0.39, 0.29) is 11.9 Å². The van der Waals surface area contributed by atoms with Crippen molar-refractivity contribution in [1.82, 2.24) is 5.32 Å². The van der Waals surface area contributed by atoms with E-state index in [0.29, 0.717) is 10.0 Å². The number of nitrogens with two attached hydrogens (primary N) is 1. The number of hydrogen-bond donors (Lipinski definition) is 2. The monoisotopic (exact) mass is 272 g/mol. The van der Waals surface area contributed by atoms with Crippen molar-refractivity contribution in [2.75, 3.05) is 0 Å². The van der Waals surface area contributed by atoms with Gasteiger partial charge in [-0.15, -0.1) is 0 Å². The number of amides is 1. The van der Waals surface area contributed by atoms with Crippen LogP contribution >= 0.6 is 23.2 Å². The van der Waals surface area contributed by atoms with Crippen LogP contribution in [0.25, 0.3) is 0 Å². The smallest absolute Gasteiger partial charge is 0.240 e. The zero-order valence-electron chi connectivity index (χ0n) is 9.47. The molecule has 0 heterocycles. The normalized spacial score (nSPS) is 18.6. The Morgan fingerprint density at radius 2 is 2.12 bits per heavy atom. The fraction of sp³-hybridized carbons (Fsp3) is 0.417. The first-order valence-corrected chi connectivity index (χ1v) is 6.23. The van der Waals surface area contributed by atoms with Crippen LogP contribution in [-0.2, 0) is 4.79 Å². The molecule has 0 bridgehead atoms. The maximum Gasteiger partial charge on any atom is 0.240 e. The number of benzene rings is 1. The molecule has 1 amide bonds. The van der Waals surface area contributed by atoms with Crippen LogP contribution < -0.4 is 11.1 Å². The summed E-state index contributed by atoms with van der Waals surface area (Å²) < 4.78 is 0. The van der Waals surface area contributed by atoms with Gasteiger partial charge in [0, 0.05) is 0 Å². The second-order valence-electron chi connectivity index (χ2n) is 4.49. The molecule has 92 valence electrons. The molecule has 3 nitrogen and oxygen atoms in total. The van der Waals surface area contributed by atoms with Crippen molar-refractivity contribution < 1.29 is 4.79 Å². The molecule has 3 N–H and O–H groups in total. The molecule has 1 saturated carbocycles. The molecule has 17 heavy (non-hydrogen) atoms. The first-order chi connectivity index (χ1) is 7.94. The minimum Gasteiger partial charge on any atom is -0.348 e. The van der Waals surface area contributed by atoms with Crippen LogP contribution in [-0.4, -0.2) is 11.4 Å². The van der Waals surface area contributed by atoms with E-state index in [9.17, 15) is 4.79 Å². The van der Waals surface area contributed by atoms with Crippen LogP contribution in [0.5, 0.6) is 0 Å². The summed E-state index contributed by atoms with van der Waals surface area (Å²) in [4.78, 5) is 11.8. The maximum absolute atomic E-state index is 11.8. The first-order valence-electron chi connectivity index (χ1n) is 5.48. The van der Waals surface area contributed by atoms with Crippen LogP contribution in [0.1, 0.15) is 31.4 Å². The number of carbonyl (C=O) groups is 1. The summed E-state index contributed by atoms with van der Waals surface area (Å²) in [5.74, 6) is -0.124. The zero-order chi connectivity index (χ0) is 12.6. The Bertz CT molecular complexity index is 458. The first kappa shape index (κ1) is 12.7. The van der Waals surface area contributed by atoms with Gasteiger partial charge in [-0.25, -0.2) is 0 Å². The van der Waals surface area contributed by atoms with Crippen LogP contribution in [0.3, 0.4) is 0 Å². The molecule has 1 atom stereocenters. The minimum absolute atomic E-state index is 0.124. The van der Waals surface area contributed by atoms with E-state index in [1.807, 2.05) is 19.1 Å². The molecule has 1 unspecified atom stereocenters. The second kappa shape index (κ2) is 4.48. The van der Waals surface area contributed by atoms with Crippen molar-refractivity contribution in [3.63, 3.8) is 0 Å². The van der Waals surface area contributed by atoms with Gasteiger partial charge < -0.3 is 11.1 Å². The molecular formula is C12H14Cl2N2O. The van der Waals surface area contributed by atoms with Crippen LogP contribution in [0, 0.1) is 0 Å². The van der Waals surface area contributed by atoms with Gasteiger partial charge in [0.2, 0.25) is 5.91 Å². The van der Waals surface area contributed by atoms with Crippen molar-refractivity contribution in [1.29, 1.82) is 0 Å². The summed E-state index contributed by atoms with van der Waals surface area (Å²) >= 11 is 12.0. The van der Waals surface area contributed by atoms with Gasteiger partial charge in [0.15, 0.2) is 0 Å². The fourth-order valence-corrected chi connectivity index (χ4v) is 2.11. The Morgan fingerprint density at radius 3 is 2.71 bits per heavy atom. The number of halogens is 2. The third kappa shape index (κ3) is 2.57. The third-order valence-electron chi connectivity index (χ3n) is 3.04. The highest BCUT2D eigenvalue weighted by Crippen LogP contribution is 2.34. The number of rotatable bonds is 3. The summed E-state index contributed by atoms with van der Waals surface area (Å²) in [7, 11) is 0. The van der Waals surface area contributed by atoms with Gasteiger partial charge in [-0.3, -0.25) is 4.79 Å². The minimum atomic E-state index is -0.667. The lowest BCUT2D eigenvalue weighted by molar-refractivity contribution is -0.123. The van der Waals surface area contributed by atoms with E-state index in [4.69, 9.17) is 28.9 Å². The Balaban J connectivity index is 2.12. The number of nitrogens with one attached hydrogen (secondary N) is 1. The van der Waals surface area contributed by atoms with Crippen LogP contribution in [0.2, 0.25) is 10.0 Å². The zero-order valence-corrected chi connectivity index (χ0v) is 11.0. The Kier molecular flexibility index (Phi) is 3.34. The Hall–Kier alpha value is -0.770. The average Bonchev–Trinajstić information content (AvgIpc) is 3.02. The number of carbonyl (C=O) groups excluding carboxylic acids is 1. The van der Waals surface area contributed by atoms with E-state index < -0.39 is 5.54 Å². The predicted molar refractivity (Wildman–Crippen MR) is 69.2 cm³/mol. The van der Waals surface area contributed by atoms with Gasteiger partial charge in [0.05, 0.1) is 21.6 Å². The molecule has 1 aromatic carbocycles. The van der Waals surface area contributed by atoms with Crippen LogP contribution in [0.15, 0.2) is 18.2 Å². The molecular weight excluding hydrogens is 259 g/mol. The van der Waals surface area contributed by atoms with Crippen molar-refractivity contribution in [3.05, 3.63) is 33.8 Å². The molecule has 0 spiro atoms. The SMILES string of the molecule is CC(NC(=O)C1(N)CC1)c1cccc(Cl)c1Cl. The standard InChI is InChI=1S/C12H14Cl2N2O/c1-7(16-11(17)12(15)5-6-12)8-3-2-4-9(13)10(8)14/h2-4,7H,5-6,15H2,1H3,(H,16,17). The lowest BCUT2D eigenvalue weighted by atomic mass is 10.1. The molecule has 1 fully saturated rings. The lowest BCUT2D eigenvalue weighted by Crippen LogP contribution is -2.43. The Labute approximate surface area is 110 Å². The highest BCUT2D eigenvalue weighted by atomic mass is 35.5. The van der Waals surface area contributed by atoms with Gasteiger partial charge in [0.25, 0.3) is 0 Å². The van der Waals surface area contributed by atoms with E-state index in [1.54, 1.807) is 6.07 Å². The molecule has 0 saturated heterocycles. The summed E-state index contributed by atoms with van der Waals surface area (Å²) in [5, 5.41) is 3.82. The second-order valence-corrected chi connectivity index (χ2v) is 5.28. The van der Waals surface area contributed by atoms with E-state index in [1.165, 1.54) is 0 Å². The molecule has 0 aliphatic heterocycles. The summed E-state index contributed by atoms with van der Waals surface area (Å²) in [5.41, 5.74) is 5.95. The highest BCUT2D eigenvalue weighted by Gasteiger charge is 2.46. The molecule has 0 aromatic heterocycles. The van der Waals surface area contributed by atoms with Gasteiger partial charge >= 0.3 is 0 Å². The van der Waals surface area contributed by atoms with E-state index in [0.717, 1.165) is 18.4 Å². The van der Waals surface area contributed by atoms with Crippen molar-refractivity contribution in [2.24, 2.45) is 5.73 Å². The molecule has 2 rings (SSSR count). The molecule has 5 heteroatoms. The Morgan fingerprint density at radius 1 is 1.47 bits per heavy atom. The quantitative estimate of drug-likeness (QED) is 0.889. The highest BCUT2D eigenvalue weighted by molar-refractivity contribution is 6.42. The van der Waals surface area contributed by atoms with E-state index in [2.05, 4.69) is 5.32 Å².